The first kappa shape index (κ1) is 16.5. The van der Waals surface area contributed by atoms with Crippen molar-refractivity contribution >= 4 is 23.0 Å². The van der Waals surface area contributed by atoms with Crippen LogP contribution in [0.15, 0.2) is 24.5 Å². The van der Waals surface area contributed by atoms with Gasteiger partial charge in [0.05, 0.1) is 11.4 Å². The van der Waals surface area contributed by atoms with Gasteiger partial charge in [-0.2, -0.15) is 0 Å². The first-order valence-electron chi connectivity index (χ1n) is 8.33. The van der Waals surface area contributed by atoms with Crippen LogP contribution < -0.4 is 20.9 Å². The lowest BCUT2D eigenvalue weighted by Gasteiger charge is -2.26. The van der Waals surface area contributed by atoms with Crippen LogP contribution in [0.25, 0.3) is 0 Å². The molecule has 0 bridgehead atoms. The average molecular weight is 326 g/mol. The zero-order valence-corrected chi connectivity index (χ0v) is 15.0. The van der Waals surface area contributed by atoms with Crippen molar-refractivity contribution in [2.75, 3.05) is 28.7 Å². The number of anilines is 4. The Morgan fingerprint density at radius 1 is 1.12 bits per heavy atom. The predicted octanol–water partition coefficient (Wildman–Crippen LogP) is 2.99. The molecule has 1 aromatic carbocycles. The van der Waals surface area contributed by atoms with Crippen molar-refractivity contribution < 1.29 is 0 Å². The Morgan fingerprint density at radius 2 is 1.79 bits per heavy atom. The van der Waals surface area contributed by atoms with Crippen LogP contribution in [0.2, 0.25) is 0 Å². The lowest BCUT2D eigenvalue weighted by atomic mass is 10.1. The number of aromatic nitrogens is 2. The Balaban J connectivity index is 1.98. The van der Waals surface area contributed by atoms with E-state index in [1.54, 1.807) is 6.33 Å². The summed E-state index contributed by atoms with van der Waals surface area (Å²) in [5, 5.41) is 3.35. The molecule has 6 nitrogen and oxygen atoms in total. The van der Waals surface area contributed by atoms with Crippen LogP contribution in [0.5, 0.6) is 0 Å². The smallest absolute Gasteiger partial charge is 0.160 e. The molecule has 128 valence electrons. The van der Waals surface area contributed by atoms with E-state index >= 15 is 0 Å². The van der Waals surface area contributed by atoms with Gasteiger partial charge in [0.15, 0.2) is 6.29 Å². The third-order valence-corrected chi connectivity index (χ3v) is 4.48. The maximum atomic E-state index is 6.45. The number of nitrogens with zero attached hydrogens (tertiary/aromatic N) is 4. The summed E-state index contributed by atoms with van der Waals surface area (Å²) in [6.07, 6.45) is 1.30. The highest BCUT2D eigenvalue weighted by Crippen LogP contribution is 2.42. The third-order valence-electron chi connectivity index (χ3n) is 4.48. The van der Waals surface area contributed by atoms with Gasteiger partial charge in [0.2, 0.25) is 0 Å². The molecule has 0 radical (unpaired) electrons. The Bertz CT molecular complexity index is 742. The van der Waals surface area contributed by atoms with Crippen molar-refractivity contribution in [2.24, 2.45) is 11.7 Å². The van der Waals surface area contributed by atoms with Crippen molar-refractivity contribution in [1.82, 2.24) is 9.97 Å². The topological polar surface area (TPSA) is 70.3 Å². The highest BCUT2D eigenvalue weighted by Gasteiger charge is 2.33. The molecule has 2 aromatic rings. The van der Waals surface area contributed by atoms with E-state index in [2.05, 4.69) is 64.9 Å². The van der Waals surface area contributed by atoms with Crippen LogP contribution in [0, 0.1) is 19.8 Å². The number of benzene rings is 1. The molecule has 0 saturated heterocycles. The molecule has 0 saturated carbocycles. The minimum atomic E-state index is -0.283. The number of rotatable bonds is 4. The van der Waals surface area contributed by atoms with E-state index in [0.717, 1.165) is 29.6 Å². The lowest BCUT2D eigenvalue weighted by molar-refractivity contribution is 0.684. The highest BCUT2D eigenvalue weighted by molar-refractivity contribution is 5.83. The van der Waals surface area contributed by atoms with Crippen LogP contribution >= 0.6 is 0 Å². The largest absolute Gasteiger partial charge is 0.370 e. The average Bonchev–Trinajstić information content (AvgIpc) is 2.78. The Morgan fingerprint density at radius 3 is 2.46 bits per heavy atom. The predicted molar refractivity (Wildman–Crippen MR) is 99.8 cm³/mol. The molecular weight excluding hydrogens is 300 g/mol. The van der Waals surface area contributed by atoms with Gasteiger partial charge in [-0.25, -0.2) is 9.97 Å². The second kappa shape index (κ2) is 6.28. The standard InChI is InChI=1S/C18H26N6/c1-11(2)9-20-16-8-17(22-10-21-16)24-15-7-13(4)12(3)6-14(15)23(5)18(24)19/h6-8,10-11,18H,9,19H2,1-5H3,(H,20,21,22). The molecule has 3 rings (SSSR count). The van der Waals surface area contributed by atoms with Crippen molar-refractivity contribution in [3.05, 3.63) is 35.7 Å². The Hall–Kier alpha value is -2.34. The molecule has 0 fully saturated rings. The summed E-state index contributed by atoms with van der Waals surface area (Å²) in [5.74, 6) is 2.17. The van der Waals surface area contributed by atoms with Crippen LogP contribution in [-0.2, 0) is 0 Å². The summed E-state index contributed by atoms with van der Waals surface area (Å²) in [6, 6.07) is 6.32. The quantitative estimate of drug-likeness (QED) is 0.900. The number of hydrogen-bond acceptors (Lipinski definition) is 6. The lowest BCUT2D eigenvalue weighted by Crippen LogP contribution is -2.46. The molecule has 1 aliphatic heterocycles. The molecular formula is C18H26N6. The van der Waals surface area contributed by atoms with Crippen LogP contribution in [-0.4, -0.2) is 29.9 Å². The van der Waals surface area contributed by atoms with Gasteiger partial charge in [0.25, 0.3) is 0 Å². The van der Waals surface area contributed by atoms with Gasteiger partial charge >= 0.3 is 0 Å². The van der Waals surface area contributed by atoms with Gasteiger partial charge in [-0.15, -0.1) is 0 Å². The van der Waals surface area contributed by atoms with Crippen LogP contribution in [0.4, 0.5) is 23.0 Å². The molecule has 2 heterocycles. The van der Waals surface area contributed by atoms with Gasteiger partial charge in [0.1, 0.15) is 18.0 Å². The van der Waals surface area contributed by atoms with E-state index in [1.807, 2.05) is 13.1 Å². The summed E-state index contributed by atoms with van der Waals surface area (Å²) in [7, 11) is 2.01. The minimum absolute atomic E-state index is 0.283. The van der Waals surface area contributed by atoms with Crippen LogP contribution in [0.3, 0.4) is 0 Å². The van der Waals surface area contributed by atoms with Crippen molar-refractivity contribution in [1.29, 1.82) is 0 Å². The van der Waals surface area contributed by atoms with Crippen LogP contribution in [0.1, 0.15) is 25.0 Å². The molecule has 0 amide bonds. The molecule has 0 spiro atoms. The molecule has 24 heavy (non-hydrogen) atoms. The van der Waals surface area contributed by atoms with Crippen molar-refractivity contribution in [3.63, 3.8) is 0 Å². The zero-order valence-electron chi connectivity index (χ0n) is 15.0. The number of nitrogens with two attached hydrogens (primary N) is 1. The van der Waals surface area contributed by atoms with Crippen molar-refractivity contribution in [3.8, 4) is 0 Å². The second-order valence-electron chi connectivity index (χ2n) is 6.86. The Labute approximate surface area is 143 Å². The maximum Gasteiger partial charge on any atom is 0.160 e. The fraction of sp³-hybridized carbons (Fsp3) is 0.444. The third kappa shape index (κ3) is 2.89. The molecule has 1 atom stereocenters. The van der Waals surface area contributed by atoms with Gasteiger partial charge in [-0.1, -0.05) is 13.8 Å². The normalized spacial score (nSPS) is 16.7. The van der Waals surface area contributed by atoms with Gasteiger partial charge in [-0.3, -0.25) is 10.6 Å². The molecule has 1 unspecified atom stereocenters. The Kier molecular flexibility index (Phi) is 4.32. The number of nitrogens with one attached hydrogen (secondary N) is 1. The first-order chi connectivity index (χ1) is 11.4. The fourth-order valence-electron chi connectivity index (χ4n) is 2.86. The summed E-state index contributed by atoms with van der Waals surface area (Å²) in [6.45, 7) is 9.45. The monoisotopic (exact) mass is 326 g/mol. The van der Waals surface area contributed by atoms with E-state index < -0.39 is 0 Å². The zero-order chi connectivity index (χ0) is 17.4. The molecule has 0 aliphatic carbocycles. The SMILES string of the molecule is Cc1cc2c(cc1C)N(c1cc(NCC(C)C)ncn1)C(N)N2C. The summed E-state index contributed by atoms with van der Waals surface area (Å²) >= 11 is 0. The molecule has 1 aliphatic rings. The molecule has 3 N–H and O–H groups in total. The summed E-state index contributed by atoms with van der Waals surface area (Å²) in [4.78, 5) is 12.9. The minimum Gasteiger partial charge on any atom is -0.370 e. The molecule has 1 aromatic heterocycles. The fourth-order valence-corrected chi connectivity index (χ4v) is 2.86. The van der Waals surface area contributed by atoms with Crippen molar-refractivity contribution in [2.45, 2.75) is 34.0 Å². The highest BCUT2D eigenvalue weighted by atomic mass is 15.5. The van der Waals surface area contributed by atoms with E-state index in [0.29, 0.717) is 5.92 Å². The van der Waals surface area contributed by atoms with E-state index in [-0.39, 0.29) is 6.29 Å². The van der Waals surface area contributed by atoms with Gasteiger partial charge in [-0.05, 0) is 43.0 Å². The molecule has 6 heteroatoms. The number of hydrogen-bond donors (Lipinski definition) is 2. The number of aryl methyl sites for hydroxylation is 2. The van der Waals surface area contributed by atoms with E-state index in [1.165, 1.54) is 11.1 Å². The maximum absolute atomic E-state index is 6.45. The van der Waals surface area contributed by atoms with E-state index in [4.69, 9.17) is 5.73 Å². The first-order valence-corrected chi connectivity index (χ1v) is 8.33. The number of fused-ring (bicyclic) bond motifs is 1. The summed E-state index contributed by atoms with van der Waals surface area (Å²) < 4.78 is 0. The second-order valence-corrected chi connectivity index (χ2v) is 6.86. The van der Waals surface area contributed by atoms with Gasteiger partial charge < -0.3 is 10.2 Å². The summed E-state index contributed by atoms with van der Waals surface area (Å²) in [5.41, 5.74) is 11.2. The van der Waals surface area contributed by atoms with Gasteiger partial charge in [0, 0.05) is 19.7 Å². The van der Waals surface area contributed by atoms with E-state index in [9.17, 15) is 0 Å².